The number of rotatable bonds is 1. The van der Waals surface area contributed by atoms with Gasteiger partial charge >= 0.3 is 0 Å². The van der Waals surface area contributed by atoms with E-state index in [4.69, 9.17) is 4.74 Å². The van der Waals surface area contributed by atoms with Crippen LogP contribution in [0, 0.1) is 0 Å². The van der Waals surface area contributed by atoms with Crippen LogP contribution in [0.25, 0.3) is 0 Å². The van der Waals surface area contributed by atoms with Gasteiger partial charge in [-0.3, -0.25) is 9.59 Å². The van der Waals surface area contributed by atoms with E-state index in [1.807, 2.05) is 0 Å². The standard InChI is InChI=1S/C20H18O8/c1-20(27)6-8(21)11-14(19(20)26)18(25)12-13(17(11)24)16(23)10-7(15(12)22)4-3-5-9(10)28-2/h3-5,8,19,21,24-27H,6H2,1-2H3. The van der Waals surface area contributed by atoms with Gasteiger partial charge in [-0.05, 0) is 13.0 Å². The summed E-state index contributed by atoms with van der Waals surface area (Å²) in [5, 5.41) is 52.8. The van der Waals surface area contributed by atoms with Gasteiger partial charge in [0.05, 0.1) is 35.5 Å². The first-order valence-electron chi connectivity index (χ1n) is 8.58. The second-order valence-corrected chi connectivity index (χ2v) is 7.30. The second kappa shape index (κ2) is 5.78. The van der Waals surface area contributed by atoms with E-state index in [0.717, 1.165) is 0 Å². The van der Waals surface area contributed by atoms with Crippen molar-refractivity contribution in [2.24, 2.45) is 0 Å². The number of phenols is 2. The number of phenolic OH excluding ortho intramolecular Hbond substituents is 2. The molecule has 0 heterocycles. The van der Waals surface area contributed by atoms with E-state index in [-0.39, 0.29) is 34.4 Å². The molecule has 0 aromatic heterocycles. The molecule has 5 N–H and O–H groups in total. The van der Waals surface area contributed by atoms with Crippen LogP contribution in [-0.4, -0.2) is 49.8 Å². The maximum atomic E-state index is 13.1. The zero-order valence-electron chi connectivity index (χ0n) is 15.1. The molecule has 2 aromatic carbocycles. The van der Waals surface area contributed by atoms with Crippen molar-refractivity contribution >= 4 is 11.6 Å². The van der Waals surface area contributed by atoms with Gasteiger partial charge in [0, 0.05) is 23.1 Å². The van der Waals surface area contributed by atoms with Gasteiger partial charge in [0.15, 0.2) is 5.78 Å². The predicted molar refractivity (Wildman–Crippen MR) is 94.8 cm³/mol. The van der Waals surface area contributed by atoms with E-state index in [1.165, 1.54) is 32.2 Å². The summed E-state index contributed by atoms with van der Waals surface area (Å²) >= 11 is 0. The normalized spacial score (nSPS) is 25.8. The average molecular weight is 386 g/mol. The minimum atomic E-state index is -1.81. The van der Waals surface area contributed by atoms with E-state index in [2.05, 4.69) is 0 Å². The molecule has 0 fully saturated rings. The summed E-state index contributed by atoms with van der Waals surface area (Å²) in [6, 6.07) is 4.38. The molecule has 8 heteroatoms. The number of ketones is 2. The third-order valence-electron chi connectivity index (χ3n) is 5.50. The van der Waals surface area contributed by atoms with Crippen LogP contribution in [0.1, 0.15) is 68.5 Å². The minimum Gasteiger partial charge on any atom is -0.507 e. The lowest BCUT2D eigenvalue weighted by molar-refractivity contribution is -0.103. The average Bonchev–Trinajstić information content (AvgIpc) is 2.64. The Balaban J connectivity index is 2.09. The molecule has 28 heavy (non-hydrogen) atoms. The predicted octanol–water partition coefficient (Wildman–Crippen LogP) is 1.10. The van der Waals surface area contributed by atoms with Crippen molar-refractivity contribution in [2.45, 2.75) is 31.2 Å². The van der Waals surface area contributed by atoms with Gasteiger partial charge in [0.2, 0.25) is 5.78 Å². The highest BCUT2D eigenvalue weighted by atomic mass is 16.5. The van der Waals surface area contributed by atoms with E-state index in [0.29, 0.717) is 0 Å². The third-order valence-corrected chi connectivity index (χ3v) is 5.50. The summed E-state index contributed by atoms with van der Waals surface area (Å²) in [7, 11) is 1.33. The maximum Gasteiger partial charge on any atom is 0.202 e. The fraction of sp³-hybridized carbons (Fsp3) is 0.300. The molecule has 4 rings (SSSR count). The van der Waals surface area contributed by atoms with E-state index < -0.39 is 52.0 Å². The van der Waals surface area contributed by atoms with E-state index >= 15 is 0 Å². The van der Waals surface area contributed by atoms with Crippen molar-refractivity contribution in [2.75, 3.05) is 7.11 Å². The zero-order chi connectivity index (χ0) is 20.5. The first-order chi connectivity index (χ1) is 13.1. The molecule has 146 valence electrons. The van der Waals surface area contributed by atoms with Crippen LogP contribution in [0.15, 0.2) is 18.2 Å². The highest BCUT2D eigenvalue weighted by Gasteiger charge is 2.48. The monoisotopic (exact) mass is 386 g/mol. The van der Waals surface area contributed by atoms with Crippen molar-refractivity contribution in [1.82, 2.24) is 0 Å². The van der Waals surface area contributed by atoms with Gasteiger partial charge in [-0.2, -0.15) is 0 Å². The molecule has 3 atom stereocenters. The number of benzene rings is 2. The van der Waals surface area contributed by atoms with Crippen LogP contribution in [0.4, 0.5) is 0 Å². The Labute approximate surface area is 159 Å². The molecule has 2 aliphatic carbocycles. The topological polar surface area (TPSA) is 145 Å². The lowest BCUT2D eigenvalue weighted by atomic mass is 9.72. The fourth-order valence-corrected chi connectivity index (χ4v) is 4.12. The Morgan fingerprint density at radius 2 is 1.61 bits per heavy atom. The molecular weight excluding hydrogens is 368 g/mol. The van der Waals surface area contributed by atoms with E-state index in [9.17, 15) is 35.1 Å². The Morgan fingerprint density at radius 3 is 2.25 bits per heavy atom. The van der Waals surface area contributed by atoms with Crippen LogP contribution in [0.3, 0.4) is 0 Å². The molecule has 3 unspecified atom stereocenters. The summed E-state index contributed by atoms with van der Waals surface area (Å²) in [6.07, 6.45) is -3.49. The Bertz CT molecular complexity index is 1050. The second-order valence-electron chi connectivity index (χ2n) is 7.30. The lowest BCUT2D eigenvalue weighted by Crippen LogP contribution is -2.40. The number of methoxy groups -OCH3 is 1. The molecule has 0 radical (unpaired) electrons. The SMILES string of the molecule is COc1cccc2c1C(=O)c1c(O)c3c(c(O)c1C2=O)C(O)C(C)(O)CC3O. The van der Waals surface area contributed by atoms with Gasteiger partial charge in [-0.1, -0.05) is 12.1 Å². The Morgan fingerprint density at radius 1 is 1.00 bits per heavy atom. The number of ether oxygens (including phenoxy) is 1. The van der Waals surface area contributed by atoms with Gasteiger partial charge in [0.1, 0.15) is 23.4 Å². The molecule has 0 aliphatic heterocycles. The number of aliphatic hydroxyl groups is 3. The molecule has 2 aromatic rings. The third kappa shape index (κ3) is 2.16. The number of fused-ring (bicyclic) bond motifs is 3. The number of carbonyl (C=O) groups is 2. The largest absolute Gasteiger partial charge is 0.507 e. The molecule has 0 amide bonds. The van der Waals surface area contributed by atoms with Gasteiger partial charge in [-0.25, -0.2) is 0 Å². The smallest absolute Gasteiger partial charge is 0.202 e. The molecule has 2 aliphatic rings. The van der Waals surface area contributed by atoms with Crippen LogP contribution >= 0.6 is 0 Å². The summed E-state index contributed by atoms with van der Waals surface area (Å²) in [5.74, 6) is -2.83. The minimum absolute atomic E-state index is 0.0240. The number of hydrogen-bond acceptors (Lipinski definition) is 8. The van der Waals surface area contributed by atoms with Crippen LogP contribution < -0.4 is 4.74 Å². The molecule has 0 spiro atoms. The number of aliphatic hydroxyl groups excluding tert-OH is 2. The zero-order valence-corrected chi connectivity index (χ0v) is 15.1. The van der Waals surface area contributed by atoms with Gasteiger partial charge in [0.25, 0.3) is 0 Å². The quantitative estimate of drug-likeness (QED) is 0.391. The van der Waals surface area contributed by atoms with Crippen molar-refractivity contribution in [3.8, 4) is 17.2 Å². The maximum absolute atomic E-state index is 13.1. The number of carbonyl (C=O) groups excluding carboxylic acids is 2. The summed E-state index contributed by atoms with van der Waals surface area (Å²) in [4.78, 5) is 26.2. The summed E-state index contributed by atoms with van der Waals surface area (Å²) in [6.45, 7) is 1.26. The Hall–Kier alpha value is -2.94. The molecule has 0 saturated heterocycles. The number of hydrogen-bond donors (Lipinski definition) is 5. The van der Waals surface area contributed by atoms with Crippen molar-refractivity contribution < 1.29 is 39.9 Å². The lowest BCUT2D eigenvalue weighted by Gasteiger charge is -2.39. The summed E-state index contributed by atoms with van der Waals surface area (Å²) in [5.41, 5.74) is -3.49. The molecule has 0 bridgehead atoms. The summed E-state index contributed by atoms with van der Waals surface area (Å²) < 4.78 is 5.15. The highest BCUT2D eigenvalue weighted by Crippen LogP contribution is 2.54. The van der Waals surface area contributed by atoms with Gasteiger partial charge in [-0.15, -0.1) is 0 Å². The Kier molecular flexibility index (Phi) is 3.80. The van der Waals surface area contributed by atoms with Crippen molar-refractivity contribution in [1.29, 1.82) is 0 Å². The first kappa shape index (κ1) is 18.4. The number of aromatic hydroxyl groups is 2. The molecular formula is C20H18O8. The van der Waals surface area contributed by atoms with Crippen LogP contribution in [0.2, 0.25) is 0 Å². The molecule has 8 nitrogen and oxygen atoms in total. The molecule has 0 saturated carbocycles. The van der Waals surface area contributed by atoms with E-state index in [1.54, 1.807) is 0 Å². The van der Waals surface area contributed by atoms with Crippen LogP contribution in [0.5, 0.6) is 17.2 Å². The van der Waals surface area contributed by atoms with Gasteiger partial charge < -0.3 is 30.3 Å². The van der Waals surface area contributed by atoms with Crippen molar-refractivity contribution in [3.63, 3.8) is 0 Å². The fourth-order valence-electron chi connectivity index (χ4n) is 4.12. The van der Waals surface area contributed by atoms with Crippen LogP contribution in [-0.2, 0) is 0 Å². The first-order valence-corrected chi connectivity index (χ1v) is 8.58. The highest BCUT2D eigenvalue weighted by molar-refractivity contribution is 6.31. The van der Waals surface area contributed by atoms with Crippen molar-refractivity contribution in [3.05, 3.63) is 51.6 Å².